The number of aryl methyl sites for hydroxylation is 1. The molecule has 0 aliphatic rings. The first kappa shape index (κ1) is 21.3. The summed E-state index contributed by atoms with van der Waals surface area (Å²) < 4.78 is 4.99. The summed E-state index contributed by atoms with van der Waals surface area (Å²) in [6.45, 7) is 4.80. The van der Waals surface area contributed by atoms with Gasteiger partial charge in [0.2, 0.25) is 0 Å². The number of benzene rings is 1. The molecule has 1 atom stereocenters. The van der Waals surface area contributed by atoms with Crippen molar-refractivity contribution >= 4 is 35.0 Å². The van der Waals surface area contributed by atoms with E-state index in [1.54, 1.807) is 55.6 Å². The Hall–Kier alpha value is -3.00. The fourth-order valence-corrected chi connectivity index (χ4v) is 2.90. The Morgan fingerprint density at radius 1 is 1.04 bits per heavy atom. The van der Waals surface area contributed by atoms with Crippen LogP contribution in [0.2, 0.25) is 0 Å². The van der Waals surface area contributed by atoms with Gasteiger partial charge in [-0.1, -0.05) is 37.6 Å². The summed E-state index contributed by atoms with van der Waals surface area (Å²) in [4.78, 5) is 48.7. The average Bonchev–Trinajstić information content (AvgIpc) is 3.19. The highest BCUT2D eigenvalue weighted by atomic mass is 32.1. The Labute approximate surface area is 167 Å². The molecule has 0 aliphatic carbocycles. The van der Waals surface area contributed by atoms with Crippen molar-refractivity contribution < 1.29 is 23.9 Å². The molecule has 1 aromatic carbocycles. The van der Waals surface area contributed by atoms with E-state index in [0.717, 1.165) is 5.56 Å². The van der Waals surface area contributed by atoms with Crippen molar-refractivity contribution in [2.24, 2.45) is 5.92 Å². The number of thiophene rings is 1. The molecule has 0 radical (unpaired) electrons. The van der Waals surface area contributed by atoms with Gasteiger partial charge < -0.3 is 10.1 Å². The Morgan fingerprint density at radius 3 is 2.29 bits per heavy atom. The second-order valence-electron chi connectivity index (χ2n) is 6.52. The van der Waals surface area contributed by atoms with Crippen LogP contribution in [-0.2, 0) is 14.3 Å². The maximum atomic E-state index is 12.3. The molecule has 28 heavy (non-hydrogen) atoms. The molecule has 7 nitrogen and oxygen atoms in total. The molecule has 1 aromatic heterocycles. The largest absolute Gasteiger partial charge is 0.454 e. The molecule has 0 saturated carbocycles. The third-order valence-electron chi connectivity index (χ3n) is 3.86. The first-order valence-electron chi connectivity index (χ1n) is 8.69. The summed E-state index contributed by atoms with van der Waals surface area (Å²) in [5.41, 5.74) is 1.43. The van der Waals surface area contributed by atoms with Gasteiger partial charge in [-0.3, -0.25) is 19.7 Å². The van der Waals surface area contributed by atoms with Crippen molar-refractivity contribution in [1.29, 1.82) is 0 Å². The number of ether oxygens (including phenoxy) is 1. The number of hydrogen-bond donors (Lipinski definition) is 2. The summed E-state index contributed by atoms with van der Waals surface area (Å²) in [5.74, 6) is -2.69. The highest BCUT2D eigenvalue weighted by molar-refractivity contribution is 7.12. The highest BCUT2D eigenvalue weighted by Crippen LogP contribution is 2.09. The summed E-state index contributed by atoms with van der Waals surface area (Å²) in [6.07, 6.45) is 0. The lowest BCUT2D eigenvalue weighted by Gasteiger charge is -2.20. The molecule has 3 amide bonds. The molecule has 0 aliphatic heterocycles. The van der Waals surface area contributed by atoms with Gasteiger partial charge in [0.25, 0.3) is 17.7 Å². The number of carbonyl (C=O) groups excluding carboxylic acids is 4. The van der Waals surface area contributed by atoms with Gasteiger partial charge in [-0.25, -0.2) is 4.79 Å². The number of esters is 1. The third kappa shape index (κ3) is 6.02. The number of imide groups is 1. The molecule has 2 rings (SSSR count). The minimum atomic E-state index is -0.922. The second-order valence-corrected chi connectivity index (χ2v) is 7.47. The van der Waals surface area contributed by atoms with E-state index in [-0.39, 0.29) is 5.92 Å². The SMILES string of the molecule is Cc1ccc(C(=O)N[C@H](C(=O)OCC(=O)NC(=O)c2cccs2)C(C)C)cc1. The van der Waals surface area contributed by atoms with E-state index in [1.165, 1.54) is 11.3 Å². The molecule has 2 aromatic rings. The maximum Gasteiger partial charge on any atom is 0.329 e. The number of nitrogens with one attached hydrogen (secondary N) is 2. The van der Waals surface area contributed by atoms with E-state index in [1.807, 2.05) is 6.92 Å². The fourth-order valence-electron chi connectivity index (χ4n) is 2.29. The van der Waals surface area contributed by atoms with Gasteiger partial charge >= 0.3 is 5.97 Å². The number of carbonyl (C=O) groups is 4. The van der Waals surface area contributed by atoms with Crippen LogP contribution in [0.15, 0.2) is 41.8 Å². The Morgan fingerprint density at radius 2 is 1.71 bits per heavy atom. The second kappa shape index (κ2) is 9.80. The van der Waals surface area contributed by atoms with Crippen molar-refractivity contribution in [1.82, 2.24) is 10.6 Å². The Kier molecular flexibility index (Phi) is 7.45. The molecular weight excluding hydrogens is 380 g/mol. The van der Waals surface area contributed by atoms with E-state index in [0.29, 0.717) is 10.4 Å². The summed E-state index contributed by atoms with van der Waals surface area (Å²) in [7, 11) is 0. The molecule has 0 bridgehead atoms. The van der Waals surface area contributed by atoms with Crippen LogP contribution in [0.4, 0.5) is 0 Å². The van der Waals surface area contributed by atoms with Crippen LogP contribution < -0.4 is 10.6 Å². The molecule has 0 fully saturated rings. The lowest BCUT2D eigenvalue weighted by Crippen LogP contribution is -2.46. The maximum absolute atomic E-state index is 12.3. The molecular formula is C20H22N2O5S. The first-order chi connectivity index (χ1) is 13.3. The number of amides is 3. The number of rotatable bonds is 7. The van der Waals surface area contributed by atoms with Crippen LogP contribution in [0.25, 0.3) is 0 Å². The van der Waals surface area contributed by atoms with Crippen molar-refractivity contribution in [3.8, 4) is 0 Å². The molecule has 0 saturated heterocycles. The molecule has 0 unspecified atom stereocenters. The van der Waals surface area contributed by atoms with Gasteiger partial charge in [0.05, 0.1) is 4.88 Å². The Balaban J connectivity index is 1.89. The molecule has 1 heterocycles. The quantitative estimate of drug-likeness (QED) is 0.692. The van der Waals surface area contributed by atoms with E-state index in [2.05, 4.69) is 10.6 Å². The van der Waals surface area contributed by atoms with Crippen LogP contribution in [-0.4, -0.2) is 36.3 Å². The van der Waals surface area contributed by atoms with Crippen LogP contribution in [0.5, 0.6) is 0 Å². The summed E-state index contributed by atoms with van der Waals surface area (Å²) >= 11 is 1.19. The van der Waals surface area contributed by atoms with Gasteiger partial charge in [-0.05, 0) is 36.4 Å². The lowest BCUT2D eigenvalue weighted by atomic mass is 10.0. The van der Waals surface area contributed by atoms with Crippen molar-refractivity contribution in [3.63, 3.8) is 0 Å². The van der Waals surface area contributed by atoms with E-state index in [9.17, 15) is 19.2 Å². The fraction of sp³-hybridized carbons (Fsp3) is 0.300. The van der Waals surface area contributed by atoms with Gasteiger partial charge in [0, 0.05) is 5.56 Å². The topological polar surface area (TPSA) is 102 Å². The summed E-state index contributed by atoms with van der Waals surface area (Å²) in [6, 6.07) is 9.27. The highest BCUT2D eigenvalue weighted by Gasteiger charge is 2.27. The summed E-state index contributed by atoms with van der Waals surface area (Å²) in [5, 5.41) is 6.49. The minimum Gasteiger partial charge on any atom is -0.454 e. The van der Waals surface area contributed by atoms with Crippen LogP contribution in [0.3, 0.4) is 0 Å². The zero-order chi connectivity index (χ0) is 20.7. The standard InChI is InChI=1S/C20H22N2O5S/c1-12(2)17(22-18(24)14-8-6-13(3)7-9-14)20(26)27-11-16(23)21-19(25)15-5-4-10-28-15/h4-10,12,17H,11H2,1-3H3,(H,22,24)(H,21,23,25)/t17-/m0/s1. The smallest absolute Gasteiger partial charge is 0.329 e. The lowest BCUT2D eigenvalue weighted by molar-refractivity contribution is -0.151. The number of hydrogen-bond acceptors (Lipinski definition) is 6. The van der Waals surface area contributed by atoms with Gasteiger partial charge in [0.15, 0.2) is 6.61 Å². The predicted molar refractivity (Wildman–Crippen MR) is 105 cm³/mol. The van der Waals surface area contributed by atoms with E-state index < -0.39 is 36.3 Å². The van der Waals surface area contributed by atoms with Gasteiger partial charge in [0.1, 0.15) is 6.04 Å². The zero-order valence-corrected chi connectivity index (χ0v) is 16.7. The molecule has 2 N–H and O–H groups in total. The first-order valence-corrected chi connectivity index (χ1v) is 9.57. The van der Waals surface area contributed by atoms with E-state index in [4.69, 9.17) is 4.74 Å². The monoisotopic (exact) mass is 402 g/mol. The normalized spacial score (nSPS) is 11.6. The van der Waals surface area contributed by atoms with Crippen molar-refractivity contribution in [2.45, 2.75) is 26.8 Å². The van der Waals surface area contributed by atoms with Crippen LogP contribution >= 0.6 is 11.3 Å². The predicted octanol–water partition coefficient (Wildman–Crippen LogP) is 2.31. The third-order valence-corrected chi connectivity index (χ3v) is 4.73. The van der Waals surface area contributed by atoms with Crippen molar-refractivity contribution in [2.75, 3.05) is 6.61 Å². The van der Waals surface area contributed by atoms with E-state index >= 15 is 0 Å². The van der Waals surface area contributed by atoms with Crippen LogP contribution in [0.1, 0.15) is 39.4 Å². The van der Waals surface area contributed by atoms with Crippen molar-refractivity contribution in [3.05, 3.63) is 57.8 Å². The zero-order valence-electron chi connectivity index (χ0n) is 15.9. The Bertz CT molecular complexity index is 844. The minimum absolute atomic E-state index is 0.252. The molecule has 148 valence electrons. The molecule has 8 heteroatoms. The van der Waals surface area contributed by atoms with Crippen LogP contribution in [0, 0.1) is 12.8 Å². The van der Waals surface area contributed by atoms with Gasteiger partial charge in [-0.2, -0.15) is 0 Å². The molecule has 0 spiro atoms. The average molecular weight is 402 g/mol. The van der Waals surface area contributed by atoms with Gasteiger partial charge in [-0.15, -0.1) is 11.3 Å².